The number of carbonyl (C=O) groups is 1. The summed E-state index contributed by atoms with van der Waals surface area (Å²) in [7, 11) is 0. The molecule has 2 aliphatic rings. The number of amides is 1. The van der Waals surface area contributed by atoms with E-state index in [0.717, 1.165) is 91.9 Å². The molecule has 3 heterocycles. The van der Waals surface area contributed by atoms with Gasteiger partial charge >= 0.3 is 0 Å². The van der Waals surface area contributed by atoms with Crippen molar-refractivity contribution in [2.45, 2.75) is 59.0 Å². The molecule has 2 aromatic carbocycles. The highest BCUT2D eigenvalue weighted by atomic mass is 16.2. The highest BCUT2D eigenvalue weighted by Crippen LogP contribution is 2.32. The molecule has 2 aliphatic heterocycles. The van der Waals surface area contributed by atoms with E-state index >= 15 is 0 Å². The largest absolute Gasteiger partial charge is 0.385 e. The maximum absolute atomic E-state index is 13.2. The minimum Gasteiger partial charge on any atom is -0.385 e. The summed E-state index contributed by atoms with van der Waals surface area (Å²) in [4.78, 5) is 26.8. The molecule has 7 heteroatoms. The number of aryl methyl sites for hydroxylation is 1. The summed E-state index contributed by atoms with van der Waals surface area (Å²) < 4.78 is 0. The molecular weight excluding hydrogens is 448 g/mol. The first-order valence-electron chi connectivity index (χ1n) is 13.3. The molecule has 0 radical (unpaired) electrons. The van der Waals surface area contributed by atoms with Crippen LogP contribution in [0.3, 0.4) is 0 Å². The van der Waals surface area contributed by atoms with Gasteiger partial charge in [-0.05, 0) is 73.1 Å². The molecule has 0 unspecified atom stereocenters. The van der Waals surface area contributed by atoms with Crippen molar-refractivity contribution in [1.82, 2.24) is 14.9 Å². The number of nitrogens with zero attached hydrogens (tertiary/aromatic N) is 4. The van der Waals surface area contributed by atoms with Crippen molar-refractivity contribution in [2.75, 3.05) is 36.4 Å². The summed E-state index contributed by atoms with van der Waals surface area (Å²) in [5.74, 6) is 1.69. The summed E-state index contributed by atoms with van der Waals surface area (Å²) in [6.45, 7) is 10.6. The number of anilines is 2. The van der Waals surface area contributed by atoms with Crippen LogP contribution in [0, 0.1) is 12.8 Å². The number of nitrogens with two attached hydrogens (primary N) is 1. The van der Waals surface area contributed by atoms with Gasteiger partial charge in [0.25, 0.3) is 5.91 Å². The van der Waals surface area contributed by atoms with Gasteiger partial charge in [-0.2, -0.15) is 0 Å². The maximum atomic E-state index is 13.2. The van der Waals surface area contributed by atoms with Gasteiger partial charge in [0.2, 0.25) is 0 Å². The molecule has 0 saturated carbocycles. The number of nitrogens with one attached hydrogen (secondary N) is 1. The van der Waals surface area contributed by atoms with E-state index in [1.165, 1.54) is 11.1 Å². The second kappa shape index (κ2) is 10.4. The average molecular weight is 487 g/mol. The normalized spacial score (nSPS) is 17.2. The van der Waals surface area contributed by atoms with Crippen LogP contribution in [0.15, 0.2) is 36.7 Å². The first-order chi connectivity index (χ1) is 17.4. The van der Waals surface area contributed by atoms with E-state index in [9.17, 15) is 4.79 Å². The summed E-state index contributed by atoms with van der Waals surface area (Å²) in [6.07, 6.45) is 5.50. The summed E-state index contributed by atoms with van der Waals surface area (Å²) in [6, 6.07) is 10.8. The number of likely N-dealkylation sites (tertiary alicyclic amines) is 1. The highest BCUT2D eigenvalue weighted by Gasteiger charge is 2.25. The number of hydrogen-bond donors (Lipinski definition) is 2. The Bertz CT molecular complexity index is 1250. The fourth-order valence-corrected chi connectivity index (χ4v) is 5.28. The molecule has 1 saturated heterocycles. The molecule has 3 N–H and O–H groups in total. The van der Waals surface area contributed by atoms with Gasteiger partial charge in [-0.3, -0.25) is 4.79 Å². The van der Waals surface area contributed by atoms with Crippen molar-refractivity contribution < 1.29 is 4.79 Å². The van der Waals surface area contributed by atoms with Gasteiger partial charge in [-0.15, -0.1) is 0 Å². The van der Waals surface area contributed by atoms with Gasteiger partial charge in [0, 0.05) is 55.4 Å². The van der Waals surface area contributed by atoms with E-state index in [4.69, 9.17) is 10.7 Å². The number of carbonyl (C=O) groups excluding carboxylic acids is 1. The smallest absolute Gasteiger partial charge is 0.253 e. The van der Waals surface area contributed by atoms with Crippen molar-refractivity contribution in [3.8, 4) is 0 Å². The highest BCUT2D eigenvalue weighted by molar-refractivity contribution is 5.95. The van der Waals surface area contributed by atoms with Crippen LogP contribution in [-0.4, -0.2) is 53.0 Å². The number of fused-ring (bicyclic) bond motifs is 2. The minimum atomic E-state index is 0.113. The summed E-state index contributed by atoms with van der Waals surface area (Å²) in [5.41, 5.74) is 12.6. The molecule has 0 aliphatic carbocycles. The Morgan fingerprint density at radius 2 is 1.94 bits per heavy atom. The van der Waals surface area contributed by atoms with E-state index in [0.29, 0.717) is 5.92 Å². The van der Waals surface area contributed by atoms with Gasteiger partial charge in [-0.1, -0.05) is 26.3 Å². The van der Waals surface area contributed by atoms with Crippen molar-refractivity contribution in [1.29, 1.82) is 0 Å². The van der Waals surface area contributed by atoms with Crippen LogP contribution < -0.4 is 16.0 Å². The van der Waals surface area contributed by atoms with E-state index in [-0.39, 0.29) is 11.9 Å². The molecule has 1 aromatic heterocycles. The molecule has 3 aromatic rings. The van der Waals surface area contributed by atoms with Crippen molar-refractivity contribution in [3.63, 3.8) is 0 Å². The third-order valence-electron chi connectivity index (χ3n) is 7.85. The zero-order chi connectivity index (χ0) is 25.2. The Labute approximate surface area is 214 Å². The van der Waals surface area contributed by atoms with Gasteiger partial charge in [0.1, 0.15) is 12.1 Å². The summed E-state index contributed by atoms with van der Waals surface area (Å²) >= 11 is 0. The second-order valence-corrected chi connectivity index (χ2v) is 10.6. The number of benzene rings is 2. The maximum Gasteiger partial charge on any atom is 0.253 e. The first kappa shape index (κ1) is 24.5. The molecule has 7 nitrogen and oxygen atoms in total. The van der Waals surface area contributed by atoms with Crippen molar-refractivity contribution >= 4 is 28.3 Å². The van der Waals surface area contributed by atoms with Crippen LogP contribution in [0.4, 0.5) is 11.5 Å². The second-order valence-electron chi connectivity index (χ2n) is 10.6. The molecule has 0 spiro atoms. The van der Waals surface area contributed by atoms with Gasteiger partial charge in [-0.25, -0.2) is 9.97 Å². The third-order valence-corrected chi connectivity index (χ3v) is 7.85. The van der Waals surface area contributed by atoms with E-state index in [1.54, 1.807) is 6.33 Å². The first-order valence-corrected chi connectivity index (χ1v) is 13.3. The Kier molecular flexibility index (Phi) is 7.10. The quantitative estimate of drug-likeness (QED) is 0.533. The fourth-order valence-electron chi connectivity index (χ4n) is 5.28. The lowest BCUT2D eigenvalue weighted by Gasteiger charge is -2.32. The van der Waals surface area contributed by atoms with Crippen LogP contribution in [0.25, 0.3) is 10.9 Å². The molecule has 1 fully saturated rings. The Morgan fingerprint density at radius 1 is 1.14 bits per heavy atom. The SMILES string of the molecule is CC[C@H](C)CNc1cc(C)c2ncnc(N3CCc4ccc(C(=O)N5CCC(N)CC5)cc4C3)c2c1. The van der Waals surface area contributed by atoms with Crippen LogP contribution in [-0.2, 0) is 13.0 Å². The van der Waals surface area contributed by atoms with Crippen LogP contribution in [0.1, 0.15) is 60.2 Å². The number of aromatic nitrogens is 2. The lowest BCUT2D eigenvalue weighted by Crippen LogP contribution is -2.43. The van der Waals surface area contributed by atoms with Crippen LogP contribution >= 0.6 is 0 Å². The Hall–Kier alpha value is -3.19. The molecule has 1 atom stereocenters. The molecular formula is C29H38N6O. The van der Waals surface area contributed by atoms with Gasteiger partial charge in [0.05, 0.1) is 5.52 Å². The molecule has 5 rings (SSSR count). The predicted octanol–water partition coefficient (Wildman–Crippen LogP) is 4.52. The molecule has 1 amide bonds. The Morgan fingerprint density at radius 3 is 2.72 bits per heavy atom. The van der Waals surface area contributed by atoms with Crippen LogP contribution in [0.5, 0.6) is 0 Å². The number of rotatable bonds is 6. The monoisotopic (exact) mass is 486 g/mol. The van der Waals surface area contributed by atoms with Crippen LogP contribution in [0.2, 0.25) is 0 Å². The topological polar surface area (TPSA) is 87.4 Å². The molecule has 36 heavy (non-hydrogen) atoms. The van der Waals surface area contributed by atoms with Crippen molar-refractivity contribution in [3.05, 3.63) is 58.9 Å². The Balaban J connectivity index is 1.40. The zero-order valence-electron chi connectivity index (χ0n) is 21.8. The zero-order valence-corrected chi connectivity index (χ0v) is 21.8. The van der Waals surface area contributed by atoms with Gasteiger partial charge in [0.15, 0.2) is 0 Å². The van der Waals surface area contributed by atoms with E-state index in [2.05, 4.69) is 60.2 Å². The van der Waals surface area contributed by atoms with Crippen molar-refractivity contribution in [2.24, 2.45) is 11.7 Å². The predicted molar refractivity (Wildman–Crippen MR) is 147 cm³/mol. The lowest BCUT2D eigenvalue weighted by atomic mass is 9.96. The van der Waals surface area contributed by atoms with E-state index < -0.39 is 0 Å². The lowest BCUT2D eigenvalue weighted by molar-refractivity contribution is 0.0714. The number of hydrogen-bond acceptors (Lipinski definition) is 6. The third kappa shape index (κ3) is 5.03. The van der Waals surface area contributed by atoms with E-state index in [1.807, 2.05) is 11.0 Å². The fraction of sp³-hybridized carbons (Fsp3) is 0.483. The molecule has 0 bridgehead atoms. The standard InChI is InChI=1S/C29H38N6O/c1-4-19(2)16-31-25-13-20(3)27-26(15-25)28(33-18-32-27)35-10-7-21-5-6-22(14-23(21)17-35)29(36)34-11-8-24(30)9-12-34/h5-6,13-15,18-19,24,31H,4,7-12,16-17,30H2,1-3H3/t19-/m0/s1. The minimum absolute atomic E-state index is 0.113. The molecule has 190 valence electrons. The van der Waals surface area contributed by atoms with Gasteiger partial charge < -0.3 is 20.9 Å². The number of piperidine rings is 1. The summed E-state index contributed by atoms with van der Waals surface area (Å²) in [5, 5.41) is 4.68. The average Bonchev–Trinajstić information content (AvgIpc) is 2.91.